The van der Waals surface area contributed by atoms with Gasteiger partial charge in [0, 0.05) is 25.4 Å². The van der Waals surface area contributed by atoms with Crippen molar-refractivity contribution in [1.29, 1.82) is 0 Å². The Morgan fingerprint density at radius 3 is 2.93 bits per heavy atom. The van der Waals surface area contributed by atoms with E-state index in [1.807, 2.05) is 54.2 Å². The molecular formula is C22H23N3O3. The molecule has 28 heavy (non-hydrogen) atoms. The number of nitrogens with zero attached hydrogens (tertiary/aromatic N) is 3. The molecule has 6 nitrogen and oxygen atoms in total. The lowest BCUT2D eigenvalue weighted by Crippen LogP contribution is -2.24. The van der Waals surface area contributed by atoms with Crippen LogP contribution in [0.2, 0.25) is 0 Å². The van der Waals surface area contributed by atoms with Crippen LogP contribution in [0.4, 0.5) is 4.79 Å². The standard InChI is InChI=1S/C22H23N3O3/c1-15-5-6-16(12-18(15)14-24(2)22(26)27)20-9-10-25(23-20)19-7-8-21-17(13-19)4-3-11-28-21/h5-10,12-13H,3-4,11,14H2,1-2H3,(H,26,27). The second kappa shape index (κ2) is 7.38. The van der Waals surface area contributed by atoms with Gasteiger partial charge in [-0.05, 0) is 66.8 Å². The number of amides is 1. The molecule has 0 aliphatic carbocycles. The van der Waals surface area contributed by atoms with Gasteiger partial charge in [-0.2, -0.15) is 5.10 Å². The van der Waals surface area contributed by atoms with Crippen LogP contribution in [0.5, 0.6) is 5.75 Å². The molecule has 6 heteroatoms. The van der Waals surface area contributed by atoms with Gasteiger partial charge in [0.1, 0.15) is 5.75 Å². The summed E-state index contributed by atoms with van der Waals surface area (Å²) in [4.78, 5) is 12.4. The van der Waals surface area contributed by atoms with Crippen LogP contribution < -0.4 is 4.74 Å². The first kappa shape index (κ1) is 18.1. The maximum Gasteiger partial charge on any atom is 0.407 e. The third-order valence-corrected chi connectivity index (χ3v) is 5.12. The Kier molecular flexibility index (Phi) is 4.77. The molecule has 1 aliphatic rings. The summed E-state index contributed by atoms with van der Waals surface area (Å²) in [6, 6.07) is 14.2. The SMILES string of the molecule is Cc1ccc(-c2ccn(-c3ccc4c(c3)CCCO4)n2)cc1CN(C)C(=O)O. The van der Waals surface area contributed by atoms with E-state index in [2.05, 4.69) is 6.07 Å². The number of rotatable bonds is 4. The van der Waals surface area contributed by atoms with Gasteiger partial charge in [0.2, 0.25) is 0 Å². The molecule has 1 aliphatic heterocycles. The minimum Gasteiger partial charge on any atom is -0.493 e. The van der Waals surface area contributed by atoms with Gasteiger partial charge in [-0.25, -0.2) is 9.48 Å². The van der Waals surface area contributed by atoms with E-state index in [-0.39, 0.29) is 0 Å². The van der Waals surface area contributed by atoms with Gasteiger partial charge >= 0.3 is 6.09 Å². The van der Waals surface area contributed by atoms with Crippen LogP contribution in [0.25, 0.3) is 16.9 Å². The highest BCUT2D eigenvalue weighted by atomic mass is 16.5. The minimum atomic E-state index is -0.939. The number of hydrogen-bond donors (Lipinski definition) is 1. The Morgan fingerprint density at radius 2 is 2.11 bits per heavy atom. The van der Waals surface area contributed by atoms with Crippen molar-refractivity contribution < 1.29 is 14.6 Å². The van der Waals surface area contributed by atoms with Gasteiger partial charge in [-0.15, -0.1) is 0 Å². The Bertz CT molecular complexity index is 1030. The van der Waals surface area contributed by atoms with Crippen molar-refractivity contribution in [2.45, 2.75) is 26.3 Å². The summed E-state index contributed by atoms with van der Waals surface area (Å²) in [5.74, 6) is 0.966. The summed E-state index contributed by atoms with van der Waals surface area (Å²) in [6.45, 7) is 3.12. The summed E-state index contributed by atoms with van der Waals surface area (Å²) in [5.41, 5.74) is 6.09. The molecular weight excluding hydrogens is 354 g/mol. The van der Waals surface area contributed by atoms with Crippen molar-refractivity contribution in [1.82, 2.24) is 14.7 Å². The molecule has 0 unspecified atom stereocenters. The van der Waals surface area contributed by atoms with Crippen molar-refractivity contribution in [3.8, 4) is 22.7 Å². The average molecular weight is 377 g/mol. The van der Waals surface area contributed by atoms with E-state index in [0.717, 1.165) is 53.3 Å². The summed E-state index contributed by atoms with van der Waals surface area (Å²) in [5, 5.41) is 13.9. The number of fused-ring (bicyclic) bond motifs is 1. The smallest absolute Gasteiger partial charge is 0.407 e. The lowest BCUT2D eigenvalue weighted by Gasteiger charge is -2.17. The Hall–Kier alpha value is -3.28. The number of ether oxygens (including phenoxy) is 1. The normalized spacial score (nSPS) is 12.9. The van der Waals surface area contributed by atoms with Crippen LogP contribution in [-0.4, -0.2) is 39.5 Å². The van der Waals surface area contributed by atoms with Gasteiger partial charge in [0.05, 0.1) is 18.0 Å². The highest BCUT2D eigenvalue weighted by Crippen LogP contribution is 2.28. The first-order chi connectivity index (χ1) is 13.5. The lowest BCUT2D eigenvalue weighted by molar-refractivity contribution is 0.153. The molecule has 4 rings (SSSR count). The van der Waals surface area contributed by atoms with Crippen molar-refractivity contribution >= 4 is 6.09 Å². The van der Waals surface area contributed by atoms with E-state index in [1.54, 1.807) is 7.05 Å². The number of carboxylic acid groups (broad SMARTS) is 1. The predicted octanol–water partition coefficient (Wildman–Crippen LogP) is 4.28. The predicted molar refractivity (Wildman–Crippen MR) is 107 cm³/mol. The number of benzene rings is 2. The first-order valence-corrected chi connectivity index (χ1v) is 9.37. The van der Waals surface area contributed by atoms with E-state index in [0.29, 0.717) is 6.54 Å². The Labute approximate surface area is 164 Å². The number of carbonyl (C=O) groups is 1. The maximum atomic E-state index is 11.1. The van der Waals surface area contributed by atoms with Crippen LogP contribution in [-0.2, 0) is 13.0 Å². The zero-order chi connectivity index (χ0) is 19.7. The molecule has 0 fully saturated rings. The fourth-order valence-corrected chi connectivity index (χ4v) is 3.44. The van der Waals surface area contributed by atoms with Gasteiger partial charge in [0.15, 0.2) is 0 Å². The average Bonchev–Trinajstić information content (AvgIpc) is 3.19. The molecule has 0 bridgehead atoms. The Morgan fingerprint density at radius 1 is 1.25 bits per heavy atom. The van der Waals surface area contributed by atoms with Crippen LogP contribution in [0.15, 0.2) is 48.7 Å². The van der Waals surface area contributed by atoms with Gasteiger partial charge in [-0.1, -0.05) is 12.1 Å². The monoisotopic (exact) mass is 377 g/mol. The number of aromatic nitrogens is 2. The molecule has 0 spiro atoms. The Balaban J connectivity index is 1.62. The summed E-state index contributed by atoms with van der Waals surface area (Å²) in [6.07, 6.45) is 3.07. The number of hydrogen-bond acceptors (Lipinski definition) is 3. The summed E-state index contributed by atoms with van der Waals surface area (Å²) in [7, 11) is 1.57. The molecule has 0 saturated carbocycles. The summed E-state index contributed by atoms with van der Waals surface area (Å²) >= 11 is 0. The first-order valence-electron chi connectivity index (χ1n) is 9.37. The van der Waals surface area contributed by atoms with E-state index >= 15 is 0 Å². The highest BCUT2D eigenvalue weighted by Gasteiger charge is 2.13. The third-order valence-electron chi connectivity index (χ3n) is 5.12. The van der Waals surface area contributed by atoms with Crippen molar-refractivity contribution in [3.05, 3.63) is 65.4 Å². The molecule has 2 aromatic carbocycles. The van der Waals surface area contributed by atoms with Crippen molar-refractivity contribution in [2.75, 3.05) is 13.7 Å². The molecule has 0 atom stereocenters. The molecule has 0 saturated heterocycles. The van der Waals surface area contributed by atoms with Crippen LogP contribution in [0.1, 0.15) is 23.1 Å². The van der Waals surface area contributed by atoms with Gasteiger partial charge in [0.25, 0.3) is 0 Å². The second-order valence-corrected chi connectivity index (χ2v) is 7.17. The van der Waals surface area contributed by atoms with Crippen LogP contribution in [0, 0.1) is 6.92 Å². The van der Waals surface area contributed by atoms with E-state index in [9.17, 15) is 4.79 Å². The van der Waals surface area contributed by atoms with Gasteiger partial charge < -0.3 is 14.7 Å². The fraction of sp³-hybridized carbons (Fsp3) is 0.273. The lowest BCUT2D eigenvalue weighted by atomic mass is 10.0. The molecule has 1 amide bonds. The van der Waals surface area contributed by atoms with Crippen molar-refractivity contribution in [3.63, 3.8) is 0 Å². The fourth-order valence-electron chi connectivity index (χ4n) is 3.44. The number of aryl methyl sites for hydroxylation is 2. The quantitative estimate of drug-likeness (QED) is 0.737. The second-order valence-electron chi connectivity index (χ2n) is 7.17. The third kappa shape index (κ3) is 3.58. The minimum absolute atomic E-state index is 0.348. The van der Waals surface area contributed by atoms with E-state index in [4.69, 9.17) is 14.9 Å². The molecule has 0 radical (unpaired) electrons. The largest absolute Gasteiger partial charge is 0.493 e. The topological polar surface area (TPSA) is 67.6 Å². The zero-order valence-electron chi connectivity index (χ0n) is 16.1. The van der Waals surface area contributed by atoms with Crippen molar-refractivity contribution in [2.24, 2.45) is 0 Å². The van der Waals surface area contributed by atoms with Crippen LogP contribution >= 0.6 is 0 Å². The van der Waals surface area contributed by atoms with E-state index < -0.39 is 6.09 Å². The molecule has 2 heterocycles. The highest BCUT2D eigenvalue weighted by molar-refractivity contribution is 5.65. The van der Waals surface area contributed by atoms with Crippen LogP contribution in [0.3, 0.4) is 0 Å². The molecule has 1 N–H and O–H groups in total. The molecule has 3 aromatic rings. The summed E-state index contributed by atoms with van der Waals surface area (Å²) < 4.78 is 7.55. The zero-order valence-corrected chi connectivity index (χ0v) is 16.1. The maximum absolute atomic E-state index is 11.1. The molecule has 1 aromatic heterocycles. The van der Waals surface area contributed by atoms with Gasteiger partial charge in [-0.3, -0.25) is 0 Å². The van der Waals surface area contributed by atoms with E-state index in [1.165, 1.54) is 10.5 Å². The molecule has 144 valence electrons.